The molecule has 0 saturated carbocycles. The molecule has 0 aromatic heterocycles. The lowest BCUT2D eigenvalue weighted by Crippen LogP contribution is -2.53. The van der Waals surface area contributed by atoms with Crippen LogP contribution >= 0.6 is 24.0 Å². The zero-order chi connectivity index (χ0) is 17.3. The minimum atomic E-state index is -0.0103. The standard InChI is InChI=1S/C19H32N4O.HI/c1-4-20-18(21-5-2)22-15-19(11-13-24-14-12-19)23-16(3)17-9-7-6-8-10-17;/h6-10,16,23H,4-5,11-15H2,1-3H3,(H2,20,21,22);1H. The van der Waals surface area contributed by atoms with E-state index in [0.717, 1.165) is 51.6 Å². The number of aliphatic imine (C=N–C) groups is 1. The molecule has 1 heterocycles. The Balaban J connectivity index is 0.00000312. The Labute approximate surface area is 169 Å². The number of hydrogen-bond acceptors (Lipinski definition) is 3. The highest BCUT2D eigenvalue weighted by atomic mass is 127. The maximum absolute atomic E-state index is 5.59. The summed E-state index contributed by atoms with van der Waals surface area (Å²) in [4.78, 5) is 4.82. The van der Waals surface area contributed by atoms with Crippen LogP contribution in [0.25, 0.3) is 0 Å². The van der Waals surface area contributed by atoms with E-state index in [1.165, 1.54) is 5.56 Å². The first-order chi connectivity index (χ1) is 11.7. The number of ether oxygens (including phenoxy) is 1. The van der Waals surface area contributed by atoms with Crippen molar-refractivity contribution in [3.63, 3.8) is 0 Å². The Morgan fingerprint density at radius 1 is 1.12 bits per heavy atom. The maximum Gasteiger partial charge on any atom is 0.191 e. The van der Waals surface area contributed by atoms with Crippen LogP contribution in [0.2, 0.25) is 0 Å². The molecule has 5 nitrogen and oxygen atoms in total. The fourth-order valence-corrected chi connectivity index (χ4v) is 3.13. The number of halogens is 1. The lowest BCUT2D eigenvalue weighted by Gasteiger charge is -2.39. The van der Waals surface area contributed by atoms with Gasteiger partial charge in [-0.25, -0.2) is 0 Å². The molecular weight excluding hydrogens is 427 g/mol. The molecule has 1 unspecified atom stereocenters. The van der Waals surface area contributed by atoms with Gasteiger partial charge in [0.1, 0.15) is 0 Å². The monoisotopic (exact) mass is 460 g/mol. The third kappa shape index (κ3) is 7.11. The van der Waals surface area contributed by atoms with Crippen LogP contribution in [0.1, 0.15) is 45.2 Å². The van der Waals surface area contributed by atoms with Gasteiger partial charge in [-0.1, -0.05) is 30.3 Å². The number of benzene rings is 1. The molecule has 0 bridgehead atoms. The average molecular weight is 460 g/mol. The van der Waals surface area contributed by atoms with Gasteiger partial charge in [0.15, 0.2) is 5.96 Å². The van der Waals surface area contributed by atoms with E-state index in [-0.39, 0.29) is 29.5 Å². The third-order valence-corrected chi connectivity index (χ3v) is 4.50. The van der Waals surface area contributed by atoms with Crippen molar-refractivity contribution >= 4 is 29.9 Å². The quantitative estimate of drug-likeness (QED) is 0.333. The van der Waals surface area contributed by atoms with Crippen LogP contribution in [-0.2, 0) is 4.74 Å². The van der Waals surface area contributed by atoms with Crippen molar-refractivity contribution in [3.8, 4) is 0 Å². The summed E-state index contributed by atoms with van der Waals surface area (Å²) >= 11 is 0. The van der Waals surface area contributed by atoms with Crippen molar-refractivity contribution in [2.24, 2.45) is 4.99 Å². The minimum Gasteiger partial charge on any atom is -0.381 e. The fraction of sp³-hybridized carbons (Fsp3) is 0.632. The van der Waals surface area contributed by atoms with Gasteiger partial charge in [0.25, 0.3) is 0 Å². The molecule has 1 aromatic carbocycles. The molecule has 25 heavy (non-hydrogen) atoms. The highest BCUT2D eigenvalue weighted by Crippen LogP contribution is 2.25. The molecule has 0 radical (unpaired) electrons. The number of nitrogens with one attached hydrogen (secondary N) is 3. The molecule has 0 amide bonds. The first kappa shape index (κ1) is 22.2. The SMILES string of the molecule is CCNC(=NCC1(NC(C)c2ccccc2)CCOCC1)NCC.I. The molecule has 1 aromatic rings. The molecule has 1 aliphatic rings. The fourth-order valence-electron chi connectivity index (χ4n) is 3.13. The molecule has 3 N–H and O–H groups in total. The van der Waals surface area contributed by atoms with Crippen molar-refractivity contribution in [1.82, 2.24) is 16.0 Å². The Bertz CT molecular complexity index is 495. The van der Waals surface area contributed by atoms with Crippen LogP contribution in [0.5, 0.6) is 0 Å². The van der Waals surface area contributed by atoms with Gasteiger partial charge in [-0.05, 0) is 39.2 Å². The summed E-state index contributed by atoms with van der Waals surface area (Å²) in [7, 11) is 0. The van der Waals surface area contributed by atoms with Crippen LogP contribution in [0, 0.1) is 0 Å². The number of hydrogen-bond donors (Lipinski definition) is 3. The second kappa shape index (κ2) is 11.7. The van der Waals surface area contributed by atoms with Crippen molar-refractivity contribution in [2.75, 3.05) is 32.8 Å². The number of nitrogens with zero attached hydrogens (tertiary/aromatic N) is 1. The van der Waals surface area contributed by atoms with Crippen molar-refractivity contribution < 1.29 is 4.74 Å². The summed E-state index contributed by atoms with van der Waals surface area (Å²) in [5, 5.41) is 10.5. The molecule has 142 valence electrons. The highest BCUT2D eigenvalue weighted by molar-refractivity contribution is 14.0. The molecule has 1 fully saturated rings. The Kier molecular flexibility index (Phi) is 10.4. The van der Waals surface area contributed by atoms with Crippen LogP contribution in [0.3, 0.4) is 0 Å². The molecule has 2 rings (SSSR count). The lowest BCUT2D eigenvalue weighted by atomic mass is 9.88. The highest BCUT2D eigenvalue weighted by Gasteiger charge is 2.33. The summed E-state index contributed by atoms with van der Waals surface area (Å²) < 4.78 is 5.59. The second-order valence-electron chi connectivity index (χ2n) is 6.39. The molecule has 6 heteroatoms. The third-order valence-electron chi connectivity index (χ3n) is 4.50. The maximum atomic E-state index is 5.59. The lowest BCUT2D eigenvalue weighted by molar-refractivity contribution is 0.0374. The zero-order valence-corrected chi connectivity index (χ0v) is 18.0. The van der Waals surface area contributed by atoms with Gasteiger partial charge in [0.05, 0.1) is 6.54 Å². The van der Waals surface area contributed by atoms with Crippen molar-refractivity contribution in [1.29, 1.82) is 0 Å². The van der Waals surface area contributed by atoms with Crippen LogP contribution in [0.4, 0.5) is 0 Å². The van der Waals surface area contributed by atoms with Crippen molar-refractivity contribution in [3.05, 3.63) is 35.9 Å². The molecule has 1 saturated heterocycles. The summed E-state index contributed by atoms with van der Waals surface area (Å²) in [6, 6.07) is 10.9. The van der Waals surface area contributed by atoms with E-state index in [1.54, 1.807) is 0 Å². The molecule has 1 aliphatic heterocycles. The van der Waals surface area contributed by atoms with Crippen LogP contribution in [-0.4, -0.2) is 44.3 Å². The molecule has 0 spiro atoms. The van der Waals surface area contributed by atoms with Gasteiger partial charge < -0.3 is 20.7 Å². The average Bonchev–Trinajstić information content (AvgIpc) is 2.62. The number of rotatable bonds is 7. The first-order valence-corrected chi connectivity index (χ1v) is 9.11. The zero-order valence-electron chi connectivity index (χ0n) is 15.7. The van der Waals surface area contributed by atoms with E-state index in [2.05, 4.69) is 67.1 Å². The van der Waals surface area contributed by atoms with E-state index in [9.17, 15) is 0 Å². The summed E-state index contributed by atoms with van der Waals surface area (Å²) in [6.45, 7) is 10.5. The van der Waals surface area contributed by atoms with E-state index in [1.807, 2.05) is 0 Å². The van der Waals surface area contributed by atoms with Gasteiger partial charge in [-0.3, -0.25) is 4.99 Å². The normalized spacial score (nSPS) is 17.1. The Morgan fingerprint density at radius 2 is 1.72 bits per heavy atom. The van der Waals surface area contributed by atoms with E-state index in [4.69, 9.17) is 9.73 Å². The van der Waals surface area contributed by atoms with Crippen LogP contribution in [0.15, 0.2) is 35.3 Å². The van der Waals surface area contributed by atoms with Gasteiger partial charge >= 0.3 is 0 Å². The summed E-state index contributed by atoms with van der Waals surface area (Å²) in [5.74, 6) is 0.889. The van der Waals surface area contributed by atoms with E-state index in [0.29, 0.717) is 6.04 Å². The minimum absolute atomic E-state index is 0. The summed E-state index contributed by atoms with van der Waals surface area (Å²) in [5.41, 5.74) is 1.30. The van der Waals surface area contributed by atoms with E-state index < -0.39 is 0 Å². The predicted octanol–water partition coefficient (Wildman–Crippen LogP) is 3.08. The molecule has 0 aliphatic carbocycles. The van der Waals surface area contributed by atoms with Gasteiger partial charge in [0.2, 0.25) is 0 Å². The topological polar surface area (TPSA) is 57.7 Å². The number of guanidine groups is 1. The van der Waals surface area contributed by atoms with Crippen molar-refractivity contribution in [2.45, 2.75) is 45.2 Å². The molecular formula is C19H33IN4O. The predicted molar refractivity (Wildman–Crippen MR) is 116 cm³/mol. The molecule has 1 atom stereocenters. The van der Waals surface area contributed by atoms with Gasteiger partial charge in [-0.2, -0.15) is 0 Å². The Hall–Kier alpha value is -0.860. The van der Waals surface area contributed by atoms with Gasteiger partial charge in [0, 0.05) is 37.9 Å². The summed E-state index contributed by atoms with van der Waals surface area (Å²) in [6.07, 6.45) is 1.97. The van der Waals surface area contributed by atoms with E-state index >= 15 is 0 Å². The first-order valence-electron chi connectivity index (χ1n) is 9.11. The van der Waals surface area contributed by atoms with Crippen LogP contribution < -0.4 is 16.0 Å². The largest absolute Gasteiger partial charge is 0.381 e. The van der Waals surface area contributed by atoms with Gasteiger partial charge in [-0.15, -0.1) is 24.0 Å². The Morgan fingerprint density at radius 3 is 2.28 bits per heavy atom. The second-order valence-corrected chi connectivity index (χ2v) is 6.39. The smallest absolute Gasteiger partial charge is 0.191 e.